The van der Waals surface area contributed by atoms with Gasteiger partial charge in [0.05, 0.1) is 11.6 Å². The summed E-state index contributed by atoms with van der Waals surface area (Å²) in [4.78, 5) is 23.7. The van der Waals surface area contributed by atoms with Crippen molar-refractivity contribution < 1.29 is 18.9 Å². The van der Waals surface area contributed by atoms with Gasteiger partial charge in [0, 0.05) is 30.3 Å². The molecule has 0 radical (unpaired) electrons. The van der Waals surface area contributed by atoms with Crippen LogP contribution >= 0.6 is 23.2 Å². The molecule has 5 nitrogen and oxygen atoms in total. The van der Waals surface area contributed by atoms with E-state index in [1.54, 1.807) is 54.4 Å². The molecular weight excluding hydrogens is 351 g/mol. The molecule has 1 atom stereocenters. The number of carbonyl (C=O) groups excluding carboxylic acids is 2. The molecular formula is C17H17Cl2N2O3+. The van der Waals surface area contributed by atoms with E-state index in [0.29, 0.717) is 34.3 Å². The topological polar surface area (TPSA) is 59.3 Å². The molecule has 0 aliphatic carbocycles. The molecule has 1 aromatic heterocycles. The predicted molar refractivity (Wildman–Crippen MR) is 91.5 cm³/mol. The van der Waals surface area contributed by atoms with E-state index in [4.69, 9.17) is 27.9 Å². The summed E-state index contributed by atoms with van der Waals surface area (Å²) in [6, 6.07) is 7.66. The highest BCUT2D eigenvalue weighted by Gasteiger charge is 2.24. The second kappa shape index (κ2) is 8.78. The van der Waals surface area contributed by atoms with Crippen LogP contribution in [0.2, 0.25) is 10.0 Å². The summed E-state index contributed by atoms with van der Waals surface area (Å²) in [5.41, 5.74) is 1.04. The summed E-state index contributed by atoms with van der Waals surface area (Å²) >= 11 is 12.1. The molecule has 1 unspecified atom stereocenters. The van der Waals surface area contributed by atoms with E-state index in [2.05, 4.69) is 5.32 Å². The predicted octanol–water partition coefficient (Wildman–Crippen LogP) is 2.45. The lowest BCUT2D eigenvalue weighted by molar-refractivity contribution is -0.699. The Hall–Kier alpha value is -1.95. The molecule has 0 bridgehead atoms. The fourth-order valence-electron chi connectivity index (χ4n) is 2.21. The molecule has 0 aliphatic rings. The molecule has 0 saturated carbocycles. The smallest absolute Gasteiger partial charge is 0.257 e. The third kappa shape index (κ3) is 4.54. The number of hydrogen-bond acceptors (Lipinski definition) is 3. The van der Waals surface area contributed by atoms with Gasteiger partial charge in [-0.1, -0.05) is 23.2 Å². The number of rotatable bonds is 7. The molecule has 1 amide bonds. The van der Waals surface area contributed by atoms with E-state index in [1.165, 1.54) is 0 Å². The largest absolute Gasteiger partial charge is 0.383 e. The number of aldehydes is 1. The van der Waals surface area contributed by atoms with Crippen LogP contribution in [-0.2, 0) is 9.53 Å². The number of halogens is 2. The van der Waals surface area contributed by atoms with Crippen molar-refractivity contribution in [3.8, 4) is 0 Å². The molecule has 0 aliphatic heterocycles. The molecule has 1 heterocycles. The molecule has 7 heteroatoms. The normalized spacial score (nSPS) is 11.8. The van der Waals surface area contributed by atoms with Gasteiger partial charge in [0.25, 0.3) is 5.91 Å². The van der Waals surface area contributed by atoms with Crippen LogP contribution in [0.15, 0.2) is 42.7 Å². The Morgan fingerprint density at radius 3 is 2.83 bits per heavy atom. The maximum Gasteiger partial charge on any atom is 0.257 e. The van der Waals surface area contributed by atoms with E-state index in [0.717, 1.165) is 6.29 Å². The first-order valence-corrected chi connectivity index (χ1v) is 8.00. The Balaban J connectivity index is 2.28. The van der Waals surface area contributed by atoms with Gasteiger partial charge in [0.2, 0.25) is 6.04 Å². The SMILES string of the molecule is COCCNC(=O)c1ccc[n+](C(C=O)c2ccc(Cl)cc2Cl)c1. The summed E-state index contributed by atoms with van der Waals surface area (Å²) < 4.78 is 6.53. The molecule has 0 saturated heterocycles. The fraction of sp³-hybridized carbons (Fsp3) is 0.235. The standard InChI is InChI=1S/C17H16Cl2N2O3/c1-24-8-6-20-17(23)12-3-2-7-21(10-12)16(11-22)14-5-4-13(18)9-15(14)19/h2-5,7,9-11,16H,6,8H2,1H3/p+1. The van der Waals surface area contributed by atoms with Gasteiger partial charge < -0.3 is 10.1 Å². The van der Waals surface area contributed by atoms with E-state index in [-0.39, 0.29) is 5.91 Å². The van der Waals surface area contributed by atoms with Crippen LogP contribution in [0.25, 0.3) is 0 Å². The minimum absolute atomic E-state index is 0.242. The van der Waals surface area contributed by atoms with E-state index < -0.39 is 6.04 Å². The zero-order valence-electron chi connectivity index (χ0n) is 13.0. The molecule has 2 aromatic rings. The summed E-state index contributed by atoms with van der Waals surface area (Å²) in [5, 5.41) is 3.61. The molecule has 0 spiro atoms. The second-order valence-electron chi connectivity index (χ2n) is 5.04. The average molecular weight is 368 g/mol. The first-order chi connectivity index (χ1) is 11.6. The van der Waals surface area contributed by atoms with Gasteiger partial charge in [-0.3, -0.25) is 9.59 Å². The van der Waals surface area contributed by atoms with Crippen LogP contribution in [0.3, 0.4) is 0 Å². The molecule has 2 rings (SSSR count). The van der Waals surface area contributed by atoms with Crippen molar-refractivity contribution in [1.82, 2.24) is 5.32 Å². The lowest BCUT2D eigenvalue weighted by Gasteiger charge is -2.10. The maximum absolute atomic E-state index is 12.1. The van der Waals surface area contributed by atoms with Crippen LogP contribution < -0.4 is 9.88 Å². The number of methoxy groups -OCH3 is 1. The van der Waals surface area contributed by atoms with Gasteiger partial charge in [-0.25, -0.2) is 0 Å². The van der Waals surface area contributed by atoms with E-state index >= 15 is 0 Å². The molecule has 24 heavy (non-hydrogen) atoms. The number of aromatic nitrogens is 1. The third-order valence-corrected chi connectivity index (χ3v) is 3.97. The van der Waals surface area contributed by atoms with Crippen LogP contribution in [0, 0.1) is 0 Å². The Morgan fingerprint density at radius 1 is 1.38 bits per heavy atom. The van der Waals surface area contributed by atoms with Crippen molar-refractivity contribution in [3.63, 3.8) is 0 Å². The van der Waals surface area contributed by atoms with Crippen molar-refractivity contribution in [2.45, 2.75) is 6.04 Å². The lowest BCUT2D eigenvalue weighted by Crippen LogP contribution is -2.42. The summed E-state index contributed by atoms with van der Waals surface area (Å²) in [7, 11) is 1.56. The van der Waals surface area contributed by atoms with Gasteiger partial charge in [-0.15, -0.1) is 0 Å². The zero-order valence-corrected chi connectivity index (χ0v) is 14.6. The lowest BCUT2D eigenvalue weighted by atomic mass is 10.1. The molecule has 1 N–H and O–H groups in total. The third-order valence-electron chi connectivity index (χ3n) is 3.41. The number of nitrogens with one attached hydrogen (secondary N) is 1. The van der Waals surface area contributed by atoms with Crippen LogP contribution in [-0.4, -0.2) is 32.5 Å². The molecule has 0 fully saturated rings. The Labute approximate surface area is 150 Å². The quantitative estimate of drug-likeness (QED) is 0.464. The van der Waals surface area contributed by atoms with Crippen molar-refractivity contribution in [1.29, 1.82) is 0 Å². The van der Waals surface area contributed by atoms with Crippen molar-refractivity contribution in [2.75, 3.05) is 20.3 Å². The first kappa shape index (κ1) is 18.4. The van der Waals surface area contributed by atoms with Crippen LogP contribution in [0.5, 0.6) is 0 Å². The van der Waals surface area contributed by atoms with E-state index in [1.807, 2.05) is 0 Å². The highest BCUT2D eigenvalue weighted by Crippen LogP contribution is 2.25. The van der Waals surface area contributed by atoms with E-state index in [9.17, 15) is 9.59 Å². The summed E-state index contributed by atoms with van der Waals surface area (Å²) in [6.07, 6.45) is 4.07. The first-order valence-electron chi connectivity index (χ1n) is 7.25. The monoisotopic (exact) mass is 367 g/mol. The highest BCUT2D eigenvalue weighted by atomic mass is 35.5. The van der Waals surface area contributed by atoms with Crippen LogP contribution in [0.1, 0.15) is 22.0 Å². The number of pyridine rings is 1. The van der Waals surface area contributed by atoms with Crippen molar-refractivity contribution in [2.24, 2.45) is 0 Å². The number of benzene rings is 1. The molecule has 126 valence electrons. The van der Waals surface area contributed by atoms with Crippen molar-refractivity contribution in [3.05, 3.63) is 63.9 Å². The minimum atomic E-state index is -0.651. The minimum Gasteiger partial charge on any atom is -0.383 e. The number of ether oxygens (including phenoxy) is 1. The second-order valence-corrected chi connectivity index (χ2v) is 5.88. The van der Waals surface area contributed by atoms with Gasteiger partial charge in [0.1, 0.15) is 5.56 Å². The molecule has 1 aromatic carbocycles. The summed E-state index contributed by atoms with van der Waals surface area (Å²) in [6.45, 7) is 0.834. The number of nitrogens with zero attached hydrogens (tertiary/aromatic N) is 1. The summed E-state index contributed by atoms with van der Waals surface area (Å²) in [5.74, 6) is -0.242. The highest BCUT2D eigenvalue weighted by molar-refractivity contribution is 6.35. The fourth-order valence-corrected chi connectivity index (χ4v) is 2.73. The van der Waals surface area contributed by atoms with Gasteiger partial charge in [-0.2, -0.15) is 4.57 Å². The van der Waals surface area contributed by atoms with Gasteiger partial charge in [0.15, 0.2) is 18.7 Å². The Bertz CT molecular complexity index is 738. The maximum atomic E-state index is 12.1. The van der Waals surface area contributed by atoms with Crippen LogP contribution in [0.4, 0.5) is 0 Å². The van der Waals surface area contributed by atoms with Gasteiger partial charge >= 0.3 is 0 Å². The Morgan fingerprint density at radius 2 is 2.17 bits per heavy atom. The number of hydrogen-bond donors (Lipinski definition) is 1. The Kier molecular flexibility index (Phi) is 6.73. The average Bonchev–Trinajstić information content (AvgIpc) is 2.58. The van der Waals surface area contributed by atoms with Crippen molar-refractivity contribution >= 4 is 35.4 Å². The number of carbonyl (C=O) groups is 2. The van der Waals surface area contributed by atoms with Gasteiger partial charge in [-0.05, 0) is 24.3 Å². The number of amides is 1. The zero-order chi connectivity index (χ0) is 17.5.